The van der Waals surface area contributed by atoms with Gasteiger partial charge in [0.2, 0.25) is 5.91 Å². The van der Waals surface area contributed by atoms with E-state index >= 15 is 4.79 Å². The van der Waals surface area contributed by atoms with E-state index < -0.39 is 98.1 Å². The van der Waals surface area contributed by atoms with Crippen molar-refractivity contribution in [2.45, 2.75) is 84.5 Å². The molecule has 0 saturated carbocycles. The number of hydrogen-bond acceptors (Lipinski definition) is 18. The molecule has 106 heavy (non-hydrogen) atoms. The van der Waals surface area contributed by atoms with Gasteiger partial charge in [-0.1, -0.05) is 133 Å². The summed E-state index contributed by atoms with van der Waals surface area (Å²) in [5.41, 5.74) is -3.77. The molecule has 4 aromatic carbocycles. The number of nitrogens with one attached hydrogen (secondary N) is 6. The number of nitrogens with zero attached hydrogens (tertiary/aromatic N) is 6. The first-order valence-electron chi connectivity index (χ1n) is 34.4. The van der Waals surface area contributed by atoms with E-state index in [-0.39, 0.29) is 141 Å². The van der Waals surface area contributed by atoms with Gasteiger partial charge in [-0.05, 0) is 105 Å². The highest BCUT2D eigenvalue weighted by atomic mass is 16.7. The van der Waals surface area contributed by atoms with Gasteiger partial charge in [-0.2, -0.15) is 0 Å². The van der Waals surface area contributed by atoms with Gasteiger partial charge in [-0.25, -0.2) is 4.79 Å². The summed E-state index contributed by atoms with van der Waals surface area (Å²) in [6.07, 6.45) is -0.705. The van der Waals surface area contributed by atoms with Gasteiger partial charge in [0.05, 0.1) is 13.2 Å². The smallest absolute Gasteiger partial charge is 0.407 e. The summed E-state index contributed by atoms with van der Waals surface area (Å²) in [6, 6.07) is 46.1. The monoisotopic (exact) mass is 1450 g/mol. The van der Waals surface area contributed by atoms with Crippen LogP contribution >= 0.6 is 0 Å². The third-order valence-electron chi connectivity index (χ3n) is 16.1. The van der Waals surface area contributed by atoms with Crippen LogP contribution in [0.25, 0.3) is 0 Å². The van der Waals surface area contributed by atoms with Crippen molar-refractivity contribution < 1.29 is 67.2 Å². The Kier molecular flexibility index (Phi) is 28.2. The van der Waals surface area contributed by atoms with E-state index in [1.807, 2.05) is 6.07 Å². The van der Waals surface area contributed by atoms with E-state index in [1.54, 1.807) is 136 Å². The average molecular weight is 1450 g/mol. The number of pyridine rings is 4. The van der Waals surface area contributed by atoms with Gasteiger partial charge in [0.25, 0.3) is 57.7 Å². The first kappa shape index (κ1) is 77.6. The summed E-state index contributed by atoms with van der Waals surface area (Å²) < 4.78 is 14.0. The van der Waals surface area contributed by atoms with E-state index in [0.29, 0.717) is 31.7 Å². The molecule has 0 fully saturated rings. The Morgan fingerprint density at radius 1 is 0.425 bits per heavy atom. The molecule has 6 N–H and O–H groups in total. The molecule has 3 aliphatic heterocycles. The maximum Gasteiger partial charge on any atom is 0.407 e. The van der Waals surface area contributed by atoms with Crippen LogP contribution in [-0.2, 0) is 40.7 Å². The Hall–Kier alpha value is -12.6. The SMILES string of the molecule is CC(C)(C)OC(=O)NCCOCCNC(=O)C1CCN(C(=O)c2cccc(=O)n2OCc2ccccc2)CCCCN(C(=O)c2cccc(=O)n2OCc2ccccc2)CCCNC(=O)c2ccc(n(OCc3ccccc3)c2=O)C(=O)NCCNC(=O)c2ccc(c(=O)n2OCc2ccccc2)C(=O)N1. The molecule has 30 heteroatoms. The number of alkyl carbamates (subject to hydrolysis) is 1. The highest BCUT2D eigenvalue weighted by molar-refractivity contribution is 5.99. The quantitative estimate of drug-likeness (QED) is 0.0562. The summed E-state index contributed by atoms with van der Waals surface area (Å²) in [6.45, 7) is 3.00. The molecular weight excluding hydrogens is 1370 g/mol. The van der Waals surface area contributed by atoms with E-state index in [4.69, 9.17) is 28.8 Å². The number of rotatable bonds is 21. The largest absolute Gasteiger partial charge is 0.444 e. The van der Waals surface area contributed by atoms with E-state index in [0.717, 1.165) is 27.7 Å². The number of carbonyl (C=O) groups is 8. The molecule has 11 rings (SSSR count). The molecule has 0 spiro atoms. The average Bonchev–Trinajstić information content (AvgIpc) is 0.801. The molecule has 1 unspecified atom stereocenters. The summed E-state index contributed by atoms with van der Waals surface area (Å²) in [7, 11) is 0. The van der Waals surface area contributed by atoms with Crippen molar-refractivity contribution in [3.05, 3.63) is 280 Å². The maximum atomic E-state index is 15.3. The van der Waals surface area contributed by atoms with Crippen LogP contribution in [0.5, 0.6) is 0 Å². The molecule has 3 aliphatic rings. The van der Waals surface area contributed by atoms with Crippen molar-refractivity contribution in [1.82, 2.24) is 60.6 Å². The van der Waals surface area contributed by atoms with Crippen LogP contribution in [0, 0.1) is 0 Å². The molecule has 8 aromatic rings. The molecular formula is C76H84N12O18. The summed E-state index contributed by atoms with van der Waals surface area (Å²) >= 11 is 0. The van der Waals surface area contributed by atoms with Crippen molar-refractivity contribution in [2.24, 2.45) is 0 Å². The van der Waals surface area contributed by atoms with Crippen molar-refractivity contribution in [3.8, 4) is 0 Å². The van der Waals surface area contributed by atoms with Crippen LogP contribution in [0.3, 0.4) is 0 Å². The fourth-order valence-electron chi connectivity index (χ4n) is 10.8. The Morgan fingerprint density at radius 3 is 1.26 bits per heavy atom. The molecule has 0 saturated heterocycles. The standard InChI is InChI=1S/C76H84N12O18/c1-76(2,3)106-75(100)81-42-48-101-47-41-80-68(93)59-37-46-84(74(99)63-30-19-32-65(90)86(63)103-50-54-23-10-5-11-24-54)44-17-16-43-83(73(98)62-29-18-31-64(89)85(62)102-49-53-21-8-4-9-22-53)45-20-38-77-66(91)57-33-35-60(87(71(57)96)104-51-55-25-12-6-13-26-55)69(94)78-39-40-79-70(95)61-36-34-58(67(92)82-59)72(97)88(61)105-52-56-27-14-7-15-28-56/h4-15,18-19,21-36,59H,16-17,20,37-52H2,1-3H3,(H,77,91)(H,78,94)(H,79,95)(H,80,93)(H,81,100)(H,82,92). The van der Waals surface area contributed by atoms with Crippen molar-refractivity contribution in [2.75, 3.05) is 72.1 Å². The number of aromatic nitrogens is 4. The lowest BCUT2D eigenvalue weighted by atomic mass is 10.1. The molecule has 8 amide bonds. The summed E-state index contributed by atoms with van der Waals surface area (Å²) in [5, 5.41) is 15.9. The molecule has 4 aromatic heterocycles. The molecule has 0 aliphatic carbocycles. The van der Waals surface area contributed by atoms with Crippen molar-refractivity contribution in [1.29, 1.82) is 0 Å². The molecule has 556 valence electrons. The Labute approximate surface area is 608 Å². The zero-order valence-electron chi connectivity index (χ0n) is 58.9. The van der Waals surface area contributed by atoms with E-state index in [9.17, 15) is 52.7 Å². The first-order chi connectivity index (χ1) is 51.2. The fraction of sp³-hybridized carbons (Fsp3) is 0.316. The lowest BCUT2D eigenvalue weighted by molar-refractivity contribution is -0.123. The van der Waals surface area contributed by atoms with Gasteiger partial charge in [0.15, 0.2) is 0 Å². The van der Waals surface area contributed by atoms with Crippen molar-refractivity contribution >= 4 is 47.4 Å². The summed E-state index contributed by atoms with van der Waals surface area (Å²) in [5.74, 6) is -5.93. The predicted octanol–water partition coefficient (Wildman–Crippen LogP) is 3.35. The van der Waals surface area contributed by atoms with Gasteiger partial charge in [-0.15, -0.1) is 18.9 Å². The molecule has 30 nitrogen and oxygen atoms in total. The zero-order valence-corrected chi connectivity index (χ0v) is 58.9. The molecule has 7 heterocycles. The minimum atomic E-state index is -1.55. The number of benzene rings is 4. The van der Waals surface area contributed by atoms with Crippen LogP contribution < -0.4 is 73.5 Å². The Bertz CT molecular complexity index is 4600. The van der Waals surface area contributed by atoms with E-state index in [1.165, 1.54) is 52.3 Å². The Balaban J connectivity index is 1.07. The van der Waals surface area contributed by atoms with Crippen LogP contribution in [0.4, 0.5) is 4.79 Å². The first-order valence-corrected chi connectivity index (χ1v) is 34.4. The number of amides is 8. The number of carbonyl (C=O) groups excluding carboxylic acids is 8. The second kappa shape index (κ2) is 38.6. The van der Waals surface area contributed by atoms with Gasteiger partial charge in [0, 0.05) is 71.0 Å². The lowest BCUT2D eigenvalue weighted by Gasteiger charge is -2.28. The van der Waals surface area contributed by atoms with Gasteiger partial charge >= 0.3 is 6.09 Å². The third-order valence-corrected chi connectivity index (χ3v) is 16.1. The molecule has 0 radical (unpaired) electrons. The van der Waals surface area contributed by atoms with Crippen LogP contribution in [0.2, 0.25) is 0 Å². The second-order valence-electron chi connectivity index (χ2n) is 25.1. The second-order valence-corrected chi connectivity index (χ2v) is 25.1. The minimum Gasteiger partial charge on any atom is -0.444 e. The zero-order chi connectivity index (χ0) is 75.4. The lowest BCUT2D eigenvalue weighted by Crippen LogP contribution is -2.51. The molecule has 1 atom stereocenters. The van der Waals surface area contributed by atoms with Crippen LogP contribution in [0.15, 0.2) is 201 Å². The number of ether oxygens (including phenoxy) is 2. The minimum absolute atomic E-state index is 0.0145. The normalized spacial score (nSPS) is 14.5. The predicted molar refractivity (Wildman–Crippen MR) is 386 cm³/mol. The van der Waals surface area contributed by atoms with Crippen LogP contribution in [0.1, 0.15) is 131 Å². The van der Waals surface area contributed by atoms with Crippen LogP contribution in [-0.4, -0.2) is 160 Å². The topological polar surface area (TPSA) is 359 Å². The fourth-order valence-corrected chi connectivity index (χ4v) is 10.8. The highest BCUT2D eigenvalue weighted by Crippen LogP contribution is 2.15. The highest BCUT2D eigenvalue weighted by Gasteiger charge is 2.30. The third kappa shape index (κ3) is 22.5. The number of hydrogen-bond donors (Lipinski definition) is 6. The number of fused-ring (bicyclic) bond motifs is 2. The van der Waals surface area contributed by atoms with E-state index in [2.05, 4.69) is 31.9 Å². The maximum absolute atomic E-state index is 15.3. The van der Waals surface area contributed by atoms with Crippen molar-refractivity contribution in [3.63, 3.8) is 0 Å². The summed E-state index contributed by atoms with van der Waals surface area (Å²) in [4.78, 5) is 197. The molecule has 4 bridgehead atoms. The van der Waals surface area contributed by atoms with Gasteiger partial charge < -0.3 is 70.5 Å². The van der Waals surface area contributed by atoms with Gasteiger partial charge in [0.1, 0.15) is 72.0 Å². The Morgan fingerprint density at radius 2 is 0.821 bits per heavy atom. The van der Waals surface area contributed by atoms with Gasteiger partial charge in [-0.3, -0.25) is 52.7 Å².